The third-order valence-corrected chi connectivity index (χ3v) is 9.89. The third-order valence-electron chi connectivity index (χ3n) is 7.49. The lowest BCUT2D eigenvalue weighted by Gasteiger charge is -2.41. The number of benzene rings is 1. The standard InChI is InChI=1S/C26H31ClN2O5S/c1-5-11-28(18-10-8-7-9-17(18)27)24(32)22-26-15(3)13-19(35-26)20(25(33)34-12-6-2)21(26)23(31)29(22)16(4)14-30/h5-10,15-16,19-22,30H,1-2,11-14H2,3-4H3/t15?,16-,19-,20+,21+,22?,26?/m1/s1. The predicted octanol–water partition coefficient (Wildman–Crippen LogP) is 3.31. The summed E-state index contributed by atoms with van der Waals surface area (Å²) in [6, 6.07) is 5.56. The number of para-hydroxylation sites is 1. The minimum atomic E-state index is -0.874. The van der Waals surface area contributed by atoms with Crippen LogP contribution < -0.4 is 4.90 Å². The van der Waals surface area contributed by atoms with Crippen LogP contribution in [0.5, 0.6) is 0 Å². The monoisotopic (exact) mass is 518 g/mol. The molecule has 3 fully saturated rings. The van der Waals surface area contributed by atoms with Gasteiger partial charge in [-0.25, -0.2) is 0 Å². The molecule has 1 spiro atoms. The number of nitrogens with zero attached hydrogens (tertiary/aromatic N) is 2. The topological polar surface area (TPSA) is 87.1 Å². The minimum Gasteiger partial charge on any atom is -0.461 e. The number of hydrogen-bond donors (Lipinski definition) is 1. The number of likely N-dealkylation sites (tertiary alicyclic amines) is 1. The second kappa shape index (κ2) is 9.99. The fraction of sp³-hybridized carbons (Fsp3) is 0.500. The van der Waals surface area contributed by atoms with E-state index in [0.717, 1.165) is 0 Å². The van der Waals surface area contributed by atoms with Crippen LogP contribution in [-0.2, 0) is 19.1 Å². The Morgan fingerprint density at radius 3 is 2.71 bits per heavy atom. The number of amides is 2. The summed E-state index contributed by atoms with van der Waals surface area (Å²) in [5.74, 6) is -2.38. The molecule has 7 atom stereocenters. The number of aliphatic hydroxyl groups is 1. The van der Waals surface area contributed by atoms with Gasteiger partial charge in [0.2, 0.25) is 5.91 Å². The van der Waals surface area contributed by atoms with Crippen LogP contribution in [0.4, 0.5) is 5.69 Å². The van der Waals surface area contributed by atoms with E-state index in [-0.39, 0.29) is 42.7 Å². The summed E-state index contributed by atoms with van der Waals surface area (Å²) in [5, 5.41) is 10.3. The number of aliphatic hydroxyl groups excluding tert-OH is 1. The number of halogens is 1. The largest absolute Gasteiger partial charge is 0.461 e. The first-order valence-corrected chi connectivity index (χ1v) is 13.0. The van der Waals surface area contributed by atoms with Crippen LogP contribution in [-0.4, -0.2) is 69.6 Å². The summed E-state index contributed by atoms with van der Waals surface area (Å²) in [6.07, 6.45) is 3.81. The maximum Gasteiger partial charge on any atom is 0.311 e. The van der Waals surface area contributed by atoms with Gasteiger partial charge in [0.15, 0.2) is 0 Å². The smallest absolute Gasteiger partial charge is 0.311 e. The SMILES string of the molecule is C=CCOC(=O)[C@@H]1[C@H]2C(=O)N([C@H](C)CO)C(C(=O)N(CC=C)c3ccccc3Cl)C23S[C@@H]1CC3C. The van der Waals surface area contributed by atoms with E-state index >= 15 is 0 Å². The molecule has 2 amide bonds. The minimum absolute atomic E-state index is 0.00317. The van der Waals surface area contributed by atoms with Crippen molar-refractivity contribution in [2.24, 2.45) is 17.8 Å². The van der Waals surface area contributed by atoms with E-state index in [2.05, 4.69) is 13.2 Å². The van der Waals surface area contributed by atoms with Gasteiger partial charge in [0, 0.05) is 11.8 Å². The lowest BCUT2D eigenvalue weighted by atomic mass is 9.66. The number of thioether (sulfide) groups is 1. The first-order chi connectivity index (χ1) is 16.7. The van der Waals surface area contributed by atoms with Gasteiger partial charge in [-0.15, -0.1) is 18.3 Å². The molecule has 0 aromatic heterocycles. The first kappa shape index (κ1) is 25.8. The van der Waals surface area contributed by atoms with Gasteiger partial charge in [-0.2, -0.15) is 0 Å². The number of hydrogen-bond acceptors (Lipinski definition) is 6. The normalized spacial score (nSPS) is 31.7. The van der Waals surface area contributed by atoms with Crippen molar-refractivity contribution in [3.05, 3.63) is 54.6 Å². The van der Waals surface area contributed by atoms with E-state index < -0.39 is 34.6 Å². The van der Waals surface area contributed by atoms with Gasteiger partial charge >= 0.3 is 5.97 Å². The van der Waals surface area contributed by atoms with Gasteiger partial charge in [-0.1, -0.05) is 49.4 Å². The molecule has 0 saturated carbocycles. The van der Waals surface area contributed by atoms with Gasteiger partial charge < -0.3 is 19.6 Å². The molecule has 3 heterocycles. The summed E-state index contributed by atoms with van der Waals surface area (Å²) in [5.41, 5.74) is 0.523. The second-order valence-electron chi connectivity index (χ2n) is 9.44. The lowest BCUT2D eigenvalue weighted by Crippen LogP contribution is -2.59. The quantitative estimate of drug-likeness (QED) is 0.398. The highest BCUT2D eigenvalue weighted by Gasteiger charge is 2.77. The Bertz CT molecular complexity index is 1050. The van der Waals surface area contributed by atoms with Crippen molar-refractivity contribution in [2.75, 3.05) is 24.7 Å². The molecular weight excluding hydrogens is 488 g/mol. The van der Waals surface area contributed by atoms with Crippen LogP contribution in [0.2, 0.25) is 5.02 Å². The molecule has 1 aromatic carbocycles. The highest BCUT2D eigenvalue weighted by molar-refractivity contribution is 8.02. The lowest BCUT2D eigenvalue weighted by molar-refractivity contribution is -0.153. The van der Waals surface area contributed by atoms with Crippen LogP contribution >= 0.6 is 23.4 Å². The number of anilines is 1. The molecule has 188 valence electrons. The molecule has 1 aromatic rings. The second-order valence-corrected chi connectivity index (χ2v) is 11.4. The molecule has 4 rings (SSSR count). The van der Waals surface area contributed by atoms with Crippen LogP contribution in [0.15, 0.2) is 49.6 Å². The molecule has 3 aliphatic heterocycles. The first-order valence-electron chi connectivity index (χ1n) is 11.8. The van der Waals surface area contributed by atoms with Crippen LogP contribution in [0.25, 0.3) is 0 Å². The Hall–Kier alpha value is -2.29. The Morgan fingerprint density at radius 2 is 2.09 bits per heavy atom. The molecule has 0 aliphatic carbocycles. The van der Waals surface area contributed by atoms with E-state index in [1.807, 2.05) is 6.92 Å². The van der Waals surface area contributed by atoms with Gasteiger partial charge in [0.05, 0.1) is 39.9 Å². The molecule has 9 heteroatoms. The van der Waals surface area contributed by atoms with Gasteiger partial charge in [0.1, 0.15) is 12.6 Å². The van der Waals surface area contributed by atoms with E-state index in [0.29, 0.717) is 17.1 Å². The fourth-order valence-corrected chi connectivity index (χ4v) is 8.69. The zero-order valence-electron chi connectivity index (χ0n) is 19.9. The Kier molecular flexibility index (Phi) is 7.36. The maximum atomic E-state index is 14.4. The summed E-state index contributed by atoms with van der Waals surface area (Å²) >= 11 is 8.02. The van der Waals surface area contributed by atoms with Crippen molar-refractivity contribution in [2.45, 2.75) is 42.3 Å². The number of rotatable bonds is 9. The highest BCUT2D eigenvalue weighted by atomic mass is 35.5. The van der Waals surface area contributed by atoms with E-state index in [4.69, 9.17) is 16.3 Å². The number of carbonyl (C=O) groups is 3. The van der Waals surface area contributed by atoms with Gasteiger partial charge in [-0.05, 0) is 31.4 Å². The van der Waals surface area contributed by atoms with Crippen LogP contribution in [0.1, 0.15) is 20.3 Å². The number of fused-ring (bicyclic) bond motifs is 1. The average molecular weight is 519 g/mol. The number of carbonyl (C=O) groups excluding carboxylic acids is 3. The molecule has 7 nitrogen and oxygen atoms in total. The van der Waals surface area contributed by atoms with E-state index in [1.54, 1.807) is 53.9 Å². The molecule has 3 unspecified atom stereocenters. The molecular formula is C26H31ClN2O5S. The van der Waals surface area contributed by atoms with Crippen molar-refractivity contribution in [1.29, 1.82) is 0 Å². The zero-order chi connectivity index (χ0) is 25.5. The molecule has 3 aliphatic rings. The third kappa shape index (κ3) is 3.90. The average Bonchev–Trinajstić information content (AvgIpc) is 3.44. The van der Waals surface area contributed by atoms with Crippen molar-refractivity contribution in [3.8, 4) is 0 Å². The van der Waals surface area contributed by atoms with Crippen LogP contribution in [0.3, 0.4) is 0 Å². The van der Waals surface area contributed by atoms with Gasteiger partial charge in [0.25, 0.3) is 5.91 Å². The van der Waals surface area contributed by atoms with E-state index in [9.17, 15) is 19.5 Å². The van der Waals surface area contributed by atoms with Gasteiger partial charge in [-0.3, -0.25) is 14.4 Å². The molecule has 3 saturated heterocycles. The Labute approximate surface area is 215 Å². The molecule has 0 radical (unpaired) electrons. The maximum absolute atomic E-state index is 14.4. The number of ether oxygens (including phenoxy) is 1. The van der Waals surface area contributed by atoms with Crippen molar-refractivity contribution in [3.63, 3.8) is 0 Å². The molecule has 35 heavy (non-hydrogen) atoms. The fourth-order valence-electron chi connectivity index (χ4n) is 6.06. The Balaban J connectivity index is 1.83. The summed E-state index contributed by atoms with van der Waals surface area (Å²) in [6.45, 7) is 11.1. The van der Waals surface area contributed by atoms with E-state index in [1.165, 1.54) is 11.0 Å². The van der Waals surface area contributed by atoms with Crippen LogP contribution in [0, 0.1) is 17.8 Å². The summed E-state index contributed by atoms with van der Waals surface area (Å²) < 4.78 is 4.57. The highest BCUT2D eigenvalue weighted by Crippen LogP contribution is 2.69. The molecule has 2 bridgehead atoms. The summed E-state index contributed by atoms with van der Waals surface area (Å²) in [4.78, 5) is 44.5. The van der Waals surface area contributed by atoms with Crippen molar-refractivity contribution >= 4 is 46.8 Å². The van der Waals surface area contributed by atoms with Crippen molar-refractivity contribution in [1.82, 2.24) is 4.90 Å². The van der Waals surface area contributed by atoms with Crippen molar-refractivity contribution < 1.29 is 24.2 Å². The summed E-state index contributed by atoms with van der Waals surface area (Å²) in [7, 11) is 0. The predicted molar refractivity (Wildman–Crippen MR) is 137 cm³/mol. The molecule has 1 N–H and O–H groups in total. The zero-order valence-corrected chi connectivity index (χ0v) is 21.5. The number of esters is 1. The Morgan fingerprint density at radius 1 is 1.37 bits per heavy atom.